The average Bonchev–Trinajstić information content (AvgIpc) is 2.44. The Kier molecular flexibility index (Phi) is 2.05. The third-order valence-corrected chi connectivity index (χ3v) is 2.57. The van der Waals surface area contributed by atoms with Crippen molar-refractivity contribution in [3.8, 4) is 0 Å². The molecule has 0 aromatic carbocycles. The minimum Gasteiger partial charge on any atom is -0.280 e. The van der Waals surface area contributed by atoms with Gasteiger partial charge in [-0.25, -0.2) is 9.50 Å². The largest absolute Gasteiger partial charge is 0.280 e. The van der Waals surface area contributed by atoms with Gasteiger partial charge in [0.2, 0.25) is 0 Å². The molecule has 6 heteroatoms. The van der Waals surface area contributed by atoms with Crippen molar-refractivity contribution in [2.24, 2.45) is 0 Å². The van der Waals surface area contributed by atoms with Gasteiger partial charge in [-0.1, -0.05) is 0 Å². The topological polar surface area (TPSA) is 42.2 Å². The van der Waals surface area contributed by atoms with E-state index in [0.717, 1.165) is 9.35 Å². The molecule has 0 amide bonds. The van der Waals surface area contributed by atoms with Crippen LogP contribution in [0.4, 0.5) is 5.82 Å². The highest BCUT2D eigenvalue weighted by atomic mass is 127. The highest BCUT2D eigenvalue weighted by Crippen LogP contribution is 2.18. The van der Waals surface area contributed by atoms with Crippen molar-refractivity contribution < 1.29 is 0 Å². The van der Waals surface area contributed by atoms with Crippen molar-refractivity contribution in [2.45, 2.75) is 0 Å². The number of hydrogen-bond donors (Lipinski definition) is 1. The number of rotatable bonds is 1. The van der Waals surface area contributed by atoms with Crippen LogP contribution in [0.25, 0.3) is 5.65 Å². The molecular weight excluding hydrogens is 290 g/mol. The number of anilines is 1. The summed E-state index contributed by atoms with van der Waals surface area (Å²) >= 11 is 7.57. The van der Waals surface area contributed by atoms with Crippen LogP contribution in [0.2, 0.25) is 0 Å². The monoisotopic (exact) mass is 294 g/mol. The molecule has 2 aromatic heterocycles. The highest BCUT2D eigenvalue weighted by molar-refractivity contribution is 14.1. The van der Waals surface area contributed by atoms with E-state index in [-0.39, 0.29) is 0 Å². The van der Waals surface area contributed by atoms with Crippen LogP contribution in [0.1, 0.15) is 0 Å². The first-order valence-electron chi connectivity index (χ1n) is 3.19. The predicted octanol–water partition coefficient (Wildman–Crippen LogP) is 1.90. The Bertz CT molecular complexity index is 413. The van der Waals surface area contributed by atoms with Crippen molar-refractivity contribution in [3.05, 3.63) is 22.0 Å². The maximum absolute atomic E-state index is 5.45. The lowest BCUT2D eigenvalue weighted by molar-refractivity contribution is 0.914. The summed E-state index contributed by atoms with van der Waals surface area (Å²) in [5.74, 6) is 0.635. The summed E-state index contributed by atoms with van der Waals surface area (Å²) in [6, 6.07) is 3.70. The molecule has 0 fully saturated rings. The first kappa shape index (κ1) is 8.06. The van der Waals surface area contributed by atoms with Gasteiger partial charge in [0, 0.05) is 18.0 Å². The van der Waals surface area contributed by atoms with E-state index >= 15 is 0 Å². The molecule has 0 saturated heterocycles. The van der Waals surface area contributed by atoms with Gasteiger partial charge >= 0.3 is 0 Å². The molecule has 0 aliphatic heterocycles. The molecule has 0 spiro atoms. The Balaban J connectivity index is 2.78. The van der Waals surface area contributed by atoms with E-state index in [2.05, 4.69) is 37.5 Å². The van der Waals surface area contributed by atoms with Crippen LogP contribution in [0.5, 0.6) is 0 Å². The summed E-state index contributed by atoms with van der Waals surface area (Å²) in [6.07, 6.45) is 1.70. The number of imidazole rings is 1. The molecule has 0 atom stereocenters. The van der Waals surface area contributed by atoms with E-state index in [4.69, 9.17) is 11.8 Å². The van der Waals surface area contributed by atoms with Crippen LogP contribution in [-0.2, 0) is 0 Å². The van der Waals surface area contributed by atoms with Crippen molar-refractivity contribution in [3.63, 3.8) is 0 Å². The fourth-order valence-corrected chi connectivity index (χ4v) is 1.84. The summed E-state index contributed by atoms with van der Waals surface area (Å²) in [4.78, 5) is 6.66. The second kappa shape index (κ2) is 3.06. The Hall–Kier alpha value is -0.560. The second-order valence-corrected chi connectivity index (χ2v) is 3.35. The second-order valence-electron chi connectivity index (χ2n) is 2.14. The van der Waals surface area contributed by atoms with Crippen molar-refractivity contribution in [1.29, 1.82) is 0 Å². The van der Waals surface area contributed by atoms with Crippen LogP contribution >= 0.6 is 34.4 Å². The molecule has 2 aromatic rings. The molecule has 4 nitrogen and oxygen atoms in total. The Morgan fingerprint density at radius 3 is 3.08 bits per heavy atom. The Morgan fingerprint density at radius 1 is 1.58 bits per heavy atom. The van der Waals surface area contributed by atoms with E-state index in [1.807, 2.05) is 12.1 Å². The van der Waals surface area contributed by atoms with E-state index < -0.39 is 0 Å². The summed E-state index contributed by atoms with van der Waals surface area (Å²) in [6.45, 7) is 0. The molecule has 12 heavy (non-hydrogen) atoms. The number of hydrogen-bond acceptors (Lipinski definition) is 3. The van der Waals surface area contributed by atoms with Gasteiger partial charge in [0.05, 0.1) is 0 Å². The van der Waals surface area contributed by atoms with Crippen molar-refractivity contribution >= 4 is 45.8 Å². The molecule has 0 aliphatic rings. The standard InChI is InChI=1S/C6H4ClIN4/c7-11-6-5(8)12-4(10-6)2-1-3-9-12/h1-3,11H. The van der Waals surface area contributed by atoms with Crippen LogP contribution in [0.3, 0.4) is 0 Å². The SMILES string of the molecule is ClNc1nc2cccnn2c1I. The summed E-state index contributed by atoms with van der Waals surface area (Å²) < 4.78 is 2.59. The number of aromatic nitrogens is 3. The third kappa shape index (κ3) is 1.13. The molecule has 1 N–H and O–H groups in total. The summed E-state index contributed by atoms with van der Waals surface area (Å²) in [7, 11) is 0. The first-order valence-corrected chi connectivity index (χ1v) is 4.64. The normalized spacial score (nSPS) is 10.5. The minimum absolute atomic E-state index is 0.635. The van der Waals surface area contributed by atoms with Gasteiger partial charge < -0.3 is 0 Å². The number of fused-ring (bicyclic) bond motifs is 1. The Labute approximate surface area is 87.2 Å². The molecule has 0 radical (unpaired) electrons. The number of nitrogens with one attached hydrogen (secondary N) is 1. The fraction of sp³-hybridized carbons (Fsp3) is 0. The number of nitrogens with zero attached hydrogens (tertiary/aromatic N) is 3. The molecule has 0 bridgehead atoms. The maximum Gasteiger partial charge on any atom is 0.175 e. The van der Waals surface area contributed by atoms with Crippen molar-refractivity contribution in [2.75, 3.05) is 4.84 Å². The van der Waals surface area contributed by atoms with E-state index in [0.29, 0.717) is 5.82 Å². The molecule has 0 unspecified atom stereocenters. The zero-order valence-corrected chi connectivity index (χ0v) is 8.74. The quantitative estimate of drug-likeness (QED) is 0.645. The van der Waals surface area contributed by atoms with E-state index in [1.54, 1.807) is 10.7 Å². The maximum atomic E-state index is 5.45. The van der Waals surface area contributed by atoms with Gasteiger partial charge in [0.25, 0.3) is 0 Å². The molecular formula is C6H4ClIN4. The molecule has 0 saturated carbocycles. The van der Waals surface area contributed by atoms with Gasteiger partial charge in [0.1, 0.15) is 3.70 Å². The van der Waals surface area contributed by atoms with Gasteiger partial charge in [-0.15, -0.1) is 0 Å². The zero-order chi connectivity index (χ0) is 8.55. The highest BCUT2D eigenvalue weighted by Gasteiger charge is 2.07. The van der Waals surface area contributed by atoms with Crippen LogP contribution in [0.15, 0.2) is 18.3 Å². The lowest BCUT2D eigenvalue weighted by Gasteiger charge is -1.91. The first-order chi connectivity index (χ1) is 5.83. The molecule has 62 valence electrons. The predicted molar refractivity (Wildman–Crippen MR) is 55.2 cm³/mol. The van der Waals surface area contributed by atoms with Crippen LogP contribution < -0.4 is 4.84 Å². The lowest BCUT2D eigenvalue weighted by atomic mass is 10.6. The van der Waals surface area contributed by atoms with Gasteiger partial charge in [-0.05, 0) is 34.7 Å². The van der Waals surface area contributed by atoms with Gasteiger partial charge in [-0.2, -0.15) is 5.10 Å². The lowest BCUT2D eigenvalue weighted by Crippen LogP contribution is -1.91. The summed E-state index contributed by atoms with van der Waals surface area (Å²) in [5.41, 5.74) is 0.782. The Morgan fingerprint density at radius 2 is 2.42 bits per heavy atom. The number of halogens is 2. The molecule has 0 aliphatic carbocycles. The van der Waals surface area contributed by atoms with E-state index in [1.165, 1.54) is 0 Å². The summed E-state index contributed by atoms with van der Waals surface area (Å²) in [5, 5.41) is 4.10. The van der Waals surface area contributed by atoms with Crippen molar-refractivity contribution in [1.82, 2.24) is 14.6 Å². The fourth-order valence-electron chi connectivity index (χ4n) is 0.921. The minimum atomic E-state index is 0.635. The van der Waals surface area contributed by atoms with Crippen LogP contribution in [-0.4, -0.2) is 14.6 Å². The smallest absolute Gasteiger partial charge is 0.175 e. The van der Waals surface area contributed by atoms with Gasteiger partial charge in [-0.3, -0.25) is 4.84 Å². The van der Waals surface area contributed by atoms with Crippen LogP contribution in [0, 0.1) is 3.70 Å². The average molecular weight is 294 g/mol. The van der Waals surface area contributed by atoms with E-state index in [9.17, 15) is 0 Å². The third-order valence-electron chi connectivity index (χ3n) is 1.43. The molecule has 2 rings (SSSR count). The zero-order valence-electron chi connectivity index (χ0n) is 5.83. The van der Waals surface area contributed by atoms with Gasteiger partial charge in [0.15, 0.2) is 11.5 Å². The molecule has 2 heterocycles.